The molecule has 2 N–H and O–H groups in total. The average Bonchev–Trinajstić information content (AvgIpc) is 2.74. The Hall–Kier alpha value is -0.450. The highest BCUT2D eigenvalue weighted by molar-refractivity contribution is 9.10. The first-order chi connectivity index (χ1) is 9.08. The minimum Gasteiger partial charge on any atom is -0.329 e. The van der Waals surface area contributed by atoms with Crippen molar-refractivity contribution in [1.82, 2.24) is 4.90 Å². The Morgan fingerprint density at radius 3 is 2.79 bits per heavy atom. The Bertz CT molecular complexity index is 438. The molecule has 1 fully saturated rings. The Labute approximate surface area is 123 Å². The van der Waals surface area contributed by atoms with Crippen molar-refractivity contribution in [1.29, 1.82) is 0 Å². The summed E-state index contributed by atoms with van der Waals surface area (Å²) >= 11 is 3.48. The smallest absolute Gasteiger partial charge is 0.124 e. The van der Waals surface area contributed by atoms with E-state index in [2.05, 4.69) is 34.7 Å². The van der Waals surface area contributed by atoms with Crippen molar-refractivity contribution in [2.45, 2.75) is 51.2 Å². The van der Waals surface area contributed by atoms with Crippen molar-refractivity contribution in [2.24, 2.45) is 5.73 Å². The van der Waals surface area contributed by atoms with Gasteiger partial charge in [0, 0.05) is 29.1 Å². The summed E-state index contributed by atoms with van der Waals surface area (Å²) in [5, 5.41) is 0. The number of hydrogen-bond acceptors (Lipinski definition) is 2. The van der Waals surface area contributed by atoms with Crippen LogP contribution in [0.15, 0.2) is 22.7 Å². The standard InChI is InChI=1S/C15H22BrFN2/c1-3-12-6-4-10(2)19(12)15(9-18)13-7-5-11(17)8-14(13)16/h5,7-8,10,12,15H,3-4,6,9,18H2,1-2H3. The number of nitrogens with two attached hydrogens (primary N) is 1. The fourth-order valence-electron chi connectivity index (χ4n) is 3.25. The Morgan fingerprint density at radius 2 is 2.21 bits per heavy atom. The van der Waals surface area contributed by atoms with Gasteiger partial charge >= 0.3 is 0 Å². The number of hydrogen-bond donors (Lipinski definition) is 1. The summed E-state index contributed by atoms with van der Waals surface area (Å²) in [5.74, 6) is -0.215. The van der Waals surface area contributed by atoms with E-state index in [1.807, 2.05) is 6.07 Å². The molecular weight excluding hydrogens is 307 g/mol. The second-order valence-electron chi connectivity index (χ2n) is 5.35. The third-order valence-corrected chi connectivity index (χ3v) is 4.91. The van der Waals surface area contributed by atoms with E-state index in [9.17, 15) is 4.39 Å². The Kier molecular flexibility index (Phi) is 4.98. The van der Waals surface area contributed by atoms with E-state index in [-0.39, 0.29) is 11.9 Å². The lowest BCUT2D eigenvalue weighted by molar-refractivity contribution is 0.136. The molecule has 19 heavy (non-hydrogen) atoms. The summed E-state index contributed by atoms with van der Waals surface area (Å²) in [6, 6.07) is 6.19. The van der Waals surface area contributed by atoms with Crippen LogP contribution < -0.4 is 5.73 Å². The minimum absolute atomic E-state index is 0.164. The minimum atomic E-state index is -0.215. The highest BCUT2D eigenvalue weighted by Gasteiger charge is 2.35. The average molecular weight is 329 g/mol. The maximum Gasteiger partial charge on any atom is 0.124 e. The monoisotopic (exact) mass is 328 g/mol. The number of rotatable bonds is 4. The zero-order valence-electron chi connectivity index (χ0n) is 11.6. The van der Waals surface area contributed by atoms with E-state index >= 15 is 0 Å². The van der Waals surface area contributed by atoms with Crippen LogP contribution >= 0.6 is 15.9 Å². The molecule has 3 atom stereocenters. The predicted octanol–water partition coefficient (Wildman–Crippen LogP) is 3.85. The lowest BCUT2D eigenvalue weighted by atomic mass is 10.0. The molecule has 106 valence electrons. The van der Waals surface area contributed by atoms with Crippen LogP contribution in [0, 0.1) is 5.82 Å². The molecule has 0 spiro atoms. The number of likely N-dealkylation sites (tertiary alicyclic amines) is 1. The number of halogens is 2. The van der Waals surface area contributed by atoms with Gasteiger partial charge in [-0.05, 0) is 43.9 Å². The van der Waals surface area contributed by atoms with Gasteiger partial charge in [-0.2, -0.15) is 0 Å². The van der Waals surface area contributed by atoms with E-state index in [1.165, 1.54) is 25.0 Å². The quantitative estimate of drug-likeness (QED) is 0.909. The summed E-state index contributed by atoms with van der Waals surface area (Å²) in [5.41, 5.74) is 7.11. The van der Waals surface area contributed by atoms with Crippen molar-refractivity contribution in [3.8, 4) is 0 Å². The maximum atomic E-state index is 13.2. The zero-order valence-corrected chi connectivity index (χ0v) is 13.2. The van der Waals surface area contributed by atoms with Gasteiger partial charge in [-0.1, -0.05) is 28.9 Å². The first-order valence-corrected chi connectivity index (χ1v) is 7.80. The lowest BCUT2D eigenvalue weighted by Gasteiger charge is -2.36. The molecule has 0 aromatic heterocycles. The molecule has 0 saturated carbocycles. The Balaban J connectivity index is 2.33. The highest BCUT2D eigenvalue weighted by Crippen LogP contribution is 2.37. The van der Waals surface area contributed by atoms with Crippen molar-refractivity contribution < 1.29 is 4.39 Å². The Morgan fingerprint density at radius 1 is 1.47 bits per heavy atom. The topological polar surface area (TPSA) is 29.3 Å². The molecule has 0 aliphatic carbocycles. The molecule has 2 nitrogen and oxygen atoms in total. The lowest BCUT2D eigenvalue weighted by Crippen LogP contribution is -2.41. The van der Waals surface area contributed by atoms with Gasteiger partial charge in [-0.3, -0.25) is 4.90 Å². The highest BCUT2D eigenvalue weighted by atomic mass is 79.9. The molecule has 1 aliphatic heterocycles. The molecule has 3 unspecified atom stereocenters. The largest absolute Gasteiger partial charge is 0.329 e. The SMILES string of the molecule is CCC1CCC(C)N1C(CN)c1ccc(F)cc1Br. The van der Waals surface area contributed by atoms with Gasteiger partial charge in [-0.15, -0.1) is 0 Å². The predicted molar refractivity (Wildman–Crippen MR) is 80.5 cm³/mol. The first kappa shape index (κ1) is 14.9. The molecule has 1 saturated heterocycles. The summed E-state index contributed by atoms with van der Waals surface area (Å²) in [4.78, 5) is 2.51. The van der Waals surface area contributed by atoms with E-state index < -0.39 is 0 Å². The second-order valence-corrected chi connectivity index (χ2v) is 6.21. The van der Waals surface area contributed by atoms with Crippen LogP contribution in [0.1, 0.15) is 44.7 Å². The fourth-order valence-corrected chi connectivity index (χ4v) is 3.86. The second kappa shape index (κ2) is 6.33. The van der Waals surface area contributed by atoms with Crippen molar-refractivity contribution in [3.05, 3.63) is 34.1 Å². The molecule has 0 bridgehead atoms. The third kappa shape index (κ3) is 3.01. The molecule has 0 amide bonds. The van der Waals surface area contributed by atoms with Gasteiger partial charge < -0.3 is 5.73 Å². The molecule has 4 heteroatoms. The summed E-state index contributed by atoms with van der Waals surface area (Å²) in [6.45, 7) is 5.05. The van der Waals surface area contributed by atoms with Crippen LogP contribution in [0.3, 0.4) is 0 Å². The molecule has 1 aromatic rings. The molecule has 1 aliphatic rings. The van der Waals surface area contributed by atoms with Gasteiger partial charge in [0.1, 0.15) is 5.82 Å². The molecule has 1 aromatic carbocycles. The van der Waals surface area contributed by atoms with E-state index in [0.29, 0.717) is 18.6 Å². The van der Waals surface area contributed by atoms with E-state index in [4.69, 9.17) is 5.73 Å². The van der Waals surface area contributed by atoms with Crippen LogP contribution in [-0.4, -0.2) is 23.5 Å². The van der Waals surface area contributed by atoms with Crippen LogP contribution in [0.5, 0.6) is 0 Å². The van der Waals surface area contributed by atoms with Gasteiger partial charge in [0.2, 0.25) is 0 Å². The summed E-state index contributed by atoms with van der Waals surface area (Å²) in [6.07, 6.45) is 3.58. The van der Waals surface area contributed by atoms with E-state index in [0.717, 1.165) is 16.5 Å². The van der Waals surface area contributed by atoms with Gasteiger partial charge in [0.15, 0.2) is 0 Å². The normalized spacial score (nSPS) is 25.7. The van der Waals surface area contributed by atoms with Gasteiger partial charge in [-0.25, -0.2) is 4.39 Å². The summed E-state index contributed by atoms with van der Waals surface area (Å²) in [7, 11) is 0. The fraction of sp³-hybridized carbons (Fsp3) is 0.600. The molecule has 1 heterocycles. The van der Waals surface area contributed by atoms with Crippen LogP contribution in [0.4, 0.5) is 4.39 Å². The van der Waals surface area contributed by atoms with Crippen LogP contribution in [0.25, 0.3) is 0 Å². The van der Waals surface area contributed by atoms with Crippen LogP contribution in [-0.2, 0) is 0 Å². The molecule has 0 radical (unpaired) electrons. The third-order valence-electron chi connectivity index (χ3n) is 4.22. The van der Waals surface area contributed by atoms with Gasteiger partial charge in [0.05, 0.1) is 0 Å². The maximum absolute atomic E-state index is 13.2. The van der Waals surface area contributed by atoms with Crippen molar-refractivity contribution >= 4 is 15.9 Å². The molecule has 2 rings (SSSR count). The number of benzene rings is 1. The summed E-state index contributed by atoms with van der Waals surface area (Å²) < 4.78 is 14.1. The first-order valence-electron chi connectivity index (χ1n) is 7.00. The number of nitrogens with zero attached hydrogens (tertiary/aromatic N) is 1. The van der Waals surface area contributed by atoms with Crippen LogP contribution in [0.2, 0.25) is 0 Å². The van der Waals surface area contributed by atoms with Gasteiger partial charge in [0.25, 0.3) is 0 Å². The van der Waals surface area contributed by atoms with Crippen molar-refractivity contribution in [3.63, 3.8) is 0 Å². The zero-order chi connectivity index (χ0) is 14.0. The molecular formula is C15H22BrFN2. The van der Waals surface area contributed by atoms with Crippen molar-refractivity contribution in [2.75, 3.05) is 6.54 Å². The van der Waals surface area contributed by atoms with E-state index in [1.54, 1.807) is 0 Å².